The molecule has 1 heterocycles. The Morgan fingerprint density at radius 2 is 1.48 bits per heavy atom. The Morgan fingerprint density at radius 3 is 1.90 bits per heavy atom. The van der Waals surface area contributed by atoms with Crippen LogP contribution in [0.3, 0.4) is 0 Å². The van der Waals surface area contributed by atoms with Gasteiger partial charge in [0.2, 0.25) is 0 Å². The van der Waals surface area contributed by atoms with E-state index in [9.17, 15) is 39.5 Å². The number of alkyl halides is 9. The monoisotopic (exact) mass is 342 g/mol. The quantitative estimate of drug-likeness (QED) is 0.609. The van der Waals surface area contributed by atoms with Crippen LogP contribution in [0.15, 0.2) is 22.9 Å². The first kappa shape index (κ1) is 17.9. The van der Waals surface area contributed by atoms with E-state index in [4.69, 9.17) is 0 Å². The lowest BCUT2D eigenvalue weighted by atomic mass is 10.0. The molecule has 1 aromatic rings. The van der Waals surface area contributed by atoms with Crippen LogP contribution >= 0.6 is 11.3 Å². The van der Waals surface area contributed by atoms with Crippen LogP contribution in [0.4, 0.5) is 39.5 Å². The Balaban J connectivity index is 2.94. The molecule has 0 nitrogen and oxygen atoms in total. The molecular formula is C11H7F9S. The predicted molar refractivity (Wildman–Crippen MR) is 58.9 cm³/mol. The third kappa shape index (κ3) is 3.35. The number of hydrogen-bond acceptors (Lipinski definition) is 1. The van der Waals surface area contributed by atoms with Crippen molar-refractivity contribution < 1.29 is 39.5 Å². The first-order valence-electron chi connectivity index (χ1n) is 5.22. The minimum Gasteiger partial charge on any atom is -0.199 e. The van der Waals surface area contributed by atoms with E-state index < -0.39 is 30.4 Å². The van der Waals surface area contributed by atoms with Crippen LogP contribution in [-0.4, -0.2) is 23.9 Å². The van der Waals surface area contributed by atoms with Crippen molar-refractivity contribution in [1.82, 2.24) is 0 Å². The van der Waals surface area contributed by atoms with Gasteiger partial charge in [0.15, 0.2) is 0 Å². The molecule has 1 rings (SSSR count). The van der Waals surface area contributed by atoms with E-state index in [1.54, 1.807) is 0 Å². The molecular weight excluding hydrogens is 335 g/mol. The summed E-state index contributed by atoms with van der Waals surface area (Å²) in [6.07, 6.45) is -7.40. The molecule has 0 N–H and O–H groups in total. The number of rotatable bonds is 5. The number of thiophene rings is 1. The molecule has 0 unspecified atom stereocenters. The number of hydrogen-bond donors (Lipinski definition) is 0. The first-order chi connectivity index (χ1) is 9.33. The zero-order valence-corrected chi connectivity index (χ0v) is 10.7. The fraction of sp³-hybridized carbons (Fsp3) is 0.455. The van der Waals surface area contributed by atoms with Gasteiger partial charge in [0.1, 0.15) is 0 Å². The van der Waals surface area contributed by atoms with Gasteiger partial charge in [-0.2, -0.15) is 50.9 Å². The number of allylic oxidation sites excluding steroid dienone is 1. The van der Waals surface area contributed by atoms with Crippen molar-refractivity contribution in [3.8, 4) is 0 Å². The molecule has 0 spiro atoms. The van der Waals surface area contributed by atoms with E-state index in [1.807, 2.05) is 0 Å². The van der Waals surface area contributed by atoms with Gasteiger partial charge in [-0.05, 0) is 22.4 Å². The Morgan fingerprint density at radius 1 is 0.905 bits per heavy atom. The van der Waals surface area contributed by atoms with Gasteiger partial charge < -0.3 is 0 Å². The largest absolute Gasteiger partial charge is 0.460 e. The van der Waals surface area contributed by atoms with Crippen LogP contribution in [-0.2, 0) is 0 Å². The van der Waals surface area contributed by atoms with Crippen molar-refractivity contribution in [1.29, 1.82) is 0 Å². The summed E-state index contributed by atoms with van der Waals surface area (Å²) in [4.78, 5) is 0. The molecule has 0 radical (unpaired) electrons. The van der Waals surface area contributed by atoms with Crippen LogP contribution in [0, 0.1) is 0 Å². The summed E-state index contributed by atoms with van der Waals surface area (Å²) in [5, 5.41) is 2.97. The molecule has 0 saturated carbocycles. The maximum atomic E-state index is 13.1. The molecule has 10 heteroatoms. The topological polar surface area (TPSA) is 0 Å². The van der Waals surface area contributed by atoms with Gasteiger partial charge >= 0.3 is 23.9 Å². The molecule has 0 aromatic carbocycles. The van der Waals surface area contributed by atoms with Crippen molar-refractivity contribution in [2.45, 2.75) is 30.4 Å². The van der Waals surface area contributed by atoms with Crippen LogP contribution in [0.5, 0.6) is 0 Å². The van der Waals surface area contributed by atoms with Crippen LogP contribution in [0.1, 0.15) is 12.0 Å². The Labute approximate surface area is 116 Å². The second-order valence-electron chi connectivity index (χ2n) is 4.01. The van der Waals surface area contributed by atoms with Crippen molar-refractivity contribution in [2.24, 2.45) is 0 Å². The molecule has 0 aliphatic carbocycles. The fourth-order valence-electron chi connectivity index (χ4n) is 1.25. The Kier molecular flexibility index (Phi) is 4.71. The van der Waals surface area contributed by atoms with Crippen LogP contribution in [0.2, 0.25) is 0 Å². The summed E-state index contributed by atoms with van der Waals surface area (Å²) >= 11 is 1.16. The Hall–Kier alpha value is -1.19. The molecule has 0 atom stereocenters. The average molecular weight is 342 g/mol. The normalized spacial score (nSPS) is 14.9. The van der Waals surface area contributed by atoms with Crippen LogP contribution in [0.25, 0.3) is 6.08 Å². The van der Waals surface area contributed by atoms with E-state index in [0.717, 1.165) is 17.4 Å². The Bertz CT molecular complexity index is 484. The van der Waals surface area contributed by atoms with Gasteiger partial charge in [0, 0.05) is 6.42 Å². The van der Waals surface area contributed by atoms with Crippen molar-refractivity contribution in [3.05, 3.63) is 28.5 Å². The van der Waals surface area contributed by atoms with Gasteiger partial charge in [-0.15, -0.1) is 0 Å². The highest BCUT2D eigenvalue weighted by molar-refractivity contribution is 7.08. The molecule has 0 amide bonds. The third-order valence-corrected chi connectivity index (χ3v) is 3.14. The van der Waals surface area contributed by atoms with E-state index >= 15 is 0 Å². The van der Waals surface area contributed by atoms with Gasteiger partial charge in [-0.1, -0.05) is 12.2 Å². The van der Waals surface area contributed by atoms with Gasteiger partial charge in [0.25, 0.3) is 0 Å². The maximum absolute atomic E-state index is 13.1. The van der Waals surface area contributed by atoms with Crippen molar-refractivity contribution >= 4 is 17.4 Å². The number of halogens is 9. The molecule has 1 aromatic heterocycles. The minimum atomic E-state index is -6.83. The molecule has 21 heavy (non-hydrogen) atoms. The van der Waals surface area contributed by atoms with E-state index in [2.05, 4.69) is 0 Å². The molecule has 0 saturated heterocycles. The summed E-state index contributed by atoms with van der Waals surface area (Å²) in [6.45, 7) is 0. The zero-order chi connectivity index (χ0) is 16.5. The average Bonchev–Trinajstić information content (AvgIpc) is 2.79. The fourth-order valence-corrected chi connectivity index (χ4v) is 1.88. The van der Waals surface area contributed by atoms with E-state index in [1.165, 1.54) is 16.8 Å². The standard InChI is InChI=1S/C11H7F9S/c12-8(13,4-1-2-7-3-5-21-6-7)9(14,15)10(16,17)11(18,19)20/h1-3,5-6H,4H2/b2-1+. The summed E-state index contributed by atoms with van der Waals surface area (Å²) in [6, 6.07) is 1.42. The smallest absolute Gasteiger partial charge is 0.199 e. The SMILES string of the molecule is FC(F)(F)C(F)(F)C(F)(F)C(F)(F)C/C=C/c1ccsc1. The third-order valence-electron chi connectivity index (χ3n) is 2.44. The van der Waals surface area contributed by atoms with Crippen LogP contribution < -0.4 is 0 Å². The summed E-state index contributed by atoms with van der Waals surface area (Å²) < 4.78 is 112. The zero-order valence-electron chi connectivity index (χ0n) is 9.90. The predicted octanol–water partition coefficient (Wildman–Crippen LogP) is 5.62. The van der Waals surface area contributed by atoms with Gasteiger partial charge in [-0.25, -0.2) is 0 Å². The summed E-state index contributed by atoms with van der Waals surface area (Å²) in [7, 11) is 0. The van der Waals surface area contributed by atoms with Gasteiger partial charge in [0.05, 0.1) is 0 Å². The summed E-state index contributed by atoms with van der Waals surface area (Å²) in [5.74, 6) is -18.9. The molecule has 120 valence electrons. The second kappa shape index (κ2) is 5.54. The molecule has 0 aliphatic rings. The molecule has 0 bridgehead atoms. The minimum absolute atomic E-state index is 0.335. The van der Waals surface area contributed by atoms with Crippen molar-refractivity contribution in [3.63, 3.8) is 0 Å². The summed E-state index contributed by atoms with van der Waals surface area (Å²) in [5.41, 5.74) is 0.335. The molecule has 0 aliphatic heterocycles. The highest BCUT2D eigenvalue weighted by atomic mass is 32.1. The lowest BCUT2D eigenvalue weighted by molar-refractivity contribution is -0.395. The lowest BCUT2D eigenvalue weighted by Gasteiger charge is -2.33. The highest BCUT2D eigenvalue weighted by Gasteiger charge is 2.81. The first-order valence-corrected chi connectivity index (χ1v) is 6.16. The van der Waals surface area contributed by atoms with E-state index in [-0.39, 0.29) is 0 Å². The van der Waals surface area contributed by atoms with Gasteiger partial charge in [-0.3, -0.25) is 0 Å². The lowest BCUT2D eigenvalue weighted by Crippen LogP contribution is -2.60. The molecule has 0 fully saturated rings. The maximum Gasteiger partial charge on any atom is 0.460 e. The van der Waals surface area contributed by atoms with Crippen molar-refractivity contribution in [2.75, 3.05) is 0 Å². The second-order valence-corrected chi connectivity index (χ2v) is 4.79. The van der Waals surface area contributed by atoms with E-state index in [0.29, 0.717) is 11.6 Å². The highest BCUT2D eigenvalue weighted by Crippen LogP contribution is 2.54.